The van der Waals surface area contributed by atoms with Crippen LogP contribution < -0.4 is 0 Å². The molecule has 0 aliphatic carbocycles. The van der Waals surface area contributed by atoms with E-state index in [1.807, 2.05) is 0 Å². The molecule has 1 atom stereocenters. The molecule has 0 aromatic heterocycles. The first kappa shape index (κ1) is 13.0. The van der Waals surface area contributed by atoms with Crippen molar-refractivity contribution >= 4 is 5.97 Å². The second-order valence-corrected chi connectivity index (χ2v) is 4.93. The average molecular weight is 251 g/mol. The summed E-state index contributed by atoms with van der Waals surface area (Å²) in [7, 11) is 1.25. The number of benzene rings is 1. The highest BCUT2D eigenvalue weighted by molar-refractivity contribution is 5.89. The van der Waals surface area contributed by atoms with E-state index in [0.717, 1.165) is 25.2 Å². The SMILES string of the molecule is COC(=O)c1ccc(CN2CCC(C)C2)cc1F. The van der Waals surface area contributed by atoms with Gasteiger partial charge in [0.25, 0.3) is 0 Å². The normalized spacial score (nSPS) is 20.1. The molecule has 1 aliphatic rings. The lowest BCUT2D eigenvalue weighted by Crippen LogP contribution is -2.19. The van der Waals surface area contributed by atoms with Crippen molar-refractivity contribution in [2.75, 3.05) is 20.2 Å². The van der Waals surface area contributed by atoms with Crippen LogP contribution in [0.1, 0.15) is 29.3 Å². The molecule has 1 aromatic carbocycles. The Kier molecular flexibility index (Phi) is 3.97. The van der Waals surface area contributed by atoms with Crippen molar-refractivity contribution < 1.29 is 13.9 Å². The molecule has 0 saturated carbocycles. The van der Waals surface area contributed by atoms with Gasteiger partial charge in [0, 0.05) is 13.1 Å². The van der Waals surface area contributed by atoms with Gasteiger partial charge in [0.15, 0.2) is 0 Å². The topological polar surface area (TPSA) is 29.5 Å². The van der Waals surface area contributed by atoms with Crippen LogP contribution in [-0.4, -0.2) is 31.1 Å². The van der Waals surface area contributed by atoms with Crippen molar-refractivity contribution in [3.05, 3.63) is 35.1 Å². The first-order chi connectivity index (χ1) is 8.60. The number of esters is 1. The van der Waals surface area contributed by atoms with Gasteiger partial charge in [0.2, 0.25) is 0 Å². The van der Waals surface area contributed by atoms with Crippen LogP contribution >= 0.6 is 0 Å². The number of likely N-dealkylation sites (tertiary alicyclic amines) is 1. The van der Waals surface area contributed by atoms with Crippen LogP contribution in [0.15, 0.2) is 18.2 Å². The van der Waals surface area contributed by atoms with Gasteiger partial charge in [-0.1, -0.05) is 13.0 Å². The number of hydrogen-bond donors (Lipinski definition) is 0. The first-order valence-electron chi connectivity index (χ1n) is 6.19. The largest absolute Gasteiger partial charge is 0.465 e. The Hall–Kier alpha value is -1.42. The van der Waals surface area contributed by atoms with Crippen LogP contribution in [0.4, 0.5) is 4.39 Å². The Morgan fingerprint density at radius 3 is 2.89 bits per heavy atom. The van der Waals surface area contributed by atoms with Crippen molar-refractivity contribution in [2.24, 2.45) is 5.92 Å². The molecule has 0 radical (unpaired) electrons. The maximum Gasteiger partial charge on any atom is 0.340 e. The van der Waals surface area contributed by atoms with E-state index < -0.39 is 11.8 Å². The predicted octanol–water partition coefficient (Wildman–Crippen LogP) is 2.45. The highest BCUT2D eigenvalue weighted by Gasteiger charge is 2.19. The van der Waals surface area contributed by atoms with E-state index in [2.05, 4.69) is 16.6 Å². The summed E-state index contributed by atoms with van der Waals surface area (Å²) in [6.45, 7) is 5.07. The van der Waals surface area contributed by atoms with E-state index in [4.69, 9.17) is 0 Å². The van der Waals surface area contributed by atoms with Gasteiger partial charge < -0.3 is 4.74 Å². The van der Waals surface area contributed by atoms with Gasteiger partial charge in [-0.3, -0.25) is 4.90 Å². The van der Waals surface area contributed by atoms with Crippen molar-refractivity contribution in [1.82, 2.24) is 4.90 Å². The molecule has 2 rings (SSSR count). The van der Waals surface area contributed by atoms with Crippen molar-refractivity contribution in [2.45, 2.75) is 19.9 Å². The van der Waals surface area contributed by atoms with Gasteiger partial charge >= 0.3 is 5.97 Å². The number of ether oxygens (including phenoxy) is 1. The summed E-state index contributed by atoms with van der Waals surface area (Å²) in [6, 6.07) is 4.71. The minimum absolute atomic E-state index is 0.00367. The van der Waals surface area contributed by atoms with E-state index in [-0.39, 0.29) is 5.56 Å². The monoisotopic (exact) mass is 251 g/mol. The smallest absolute Gasteiger partial charge is 0.340 e. The third kappa shape index (κ3) is 2.88. The molecule has 0 spiro atoms. The number of carbonyl (C=O) groups excluding carboxylic acids is 1. The Labute approximate surface area is 107 Å². The second-order valence-electron chi connectivity index (χ2n) is 4.93. The van der Waals surface area contributed by atoms with E-state index in [0.29, 0.717) is 5.92 Å². The van der Waals surface area contributed by atoms with E-state index >= 15 is 0 Å². The van der Waals surface area contributed by atoms with Crippen molar-refractivity contribution in [3.8, 4) is 0 Å². The zero-order valence-electron chi connectivity index (χ0n) is 10.8. The molecule has 3 nitrogen and oxygen atoms in total. The van der Waals surface area contributed by atoms with E-state index in [9.17, 15) is 9.18 Å². The molecule has 0 bridgehead atoms. The fourth-order valence-electron chi connectivity index (χ4n) is 2.36. The lowest BCUT2D eigenvalue weighted by atomic mass is 10.1. The highest BCUT2D eigenvalue weighted by atomic mass is 19.1. The Bertz CT molecular complexity index is 447. The molecule has 1 saturated heterocycles. The maximum absolute atomic E-state index is 13.7. The minimum atomic E-state index is -0.631. The fraction of sp³-hybridized carbons (Fsp3) is 0.500. The van der Waals surface area contributed by atoms with Crippen LogP contribution in [0.5, 0.6) is 0 Å². The second kappa shape index (κ2) is 5.48. The molecule has 1 fully saturated rings. The number of carbonyl (C=O) groups is 1. The van der Waals surface area contributed by atoms with Crippen LogP contribution in [-0.2, 0) is 11.3 Å². The molecule has 98 valence electrons. The van der Waals surface area contributed by atoms with Crippen LogP contribution in [0.2, 0.25) is 0 Å². The number of hydrogen-bond acceptors (Lipinski definition) is 3. The number of rotatable bonds is 3. The van der Waals surface area contributed by atoms with Gasteiger partial charge in [-0.2, -0.15) is 0 Å². The summed E-state index contributed by atoms with van der Waals surface area (Å²) in [6.07, 6.45) is 1.20. The Morgan fingerprint density at radius 1 is 1.56 bits per heavy atom. The standard InChI is InChI=1S/C14H18FNO2/c1-10-5-6-16(8-10)9-11-3-4-12(13(15)7-11)14(17)18-2/h3-4,7,10H,5-6,8-9H2,1-2H3. The van der Waals surface area contributed by atoms with E-state index in [1.165, 1.54) is 25.7 Å². The average Bonchev–Trinajstić information content (AvgIpc) is 2.74. The highest BCUT2D eigenvalue weighted by Crippen LogP contribution is 2.19. The molecule has 1 aromatic rings. The zero-order chi connectivity index (χ0) is 13.1. The third-order valence-electron chi connectivity index (χ3n) is 3.35. The van der Waals surface area contributed by atoms with Gasteiger partial charge in [-0.15, -0.1) is 0 Å². The maximum atomic E-state index is 13.7. The van der Waals surface area contributed by atoms with Crippen LogP contribution in [0.25, 0.3) is 0 Å². The third-order valence-corrected chi connectivity index (χ3v) is 3.35. The lowest BCUT2D eigenvalue weighted by molar-refractivity contribution is 0.0595. The zero-order valence-corrected chi connectivity index (χ0v) is 10.8. The van der Waals surface area contributed by atoms with E-state index in [1.54, 1.807) is 6.07 Å². The summed E-state index contributed by atoms with van der Waals surface area (Å²) in [5.41, 5.74) is 0.894. The number of methoxy groups -OCH3 is 1. The van der Waals surface area contributed by atoms with Crippen LogP contribution in [0.3, 0.4) is 0 Å². The summed E-state index contributed by atoms with van der Waals surface area (Å²) >= 11 is 0. The molecule has 4 heteroatoms. The van der Waals surface area contributed by atoms with Gasteiger partial charge in [0.05, 0.1) is 12.7 Å². The quantitative estimate of drug-likeness (QED) is 0.773. The molecule has 1 heterocycles. The lowest BCUT2D eigenvalue weighted by Gasteiger charge is -2.15. The summed E-state index contributed by atoms with van der Waals surface area (Å²) < 4.78 is 18.2. The van der Waals surface area contributed by atoms with Crippen LogP contribution in [0, 0.1) is 11.7 Å². The predicted molar refractivity (Wildman–Crippen MR) is 66.8 cm³/mol. The first-order valence-corrected chi connectivity index (χ1v) is 6.19. The Balaban J connectivity index is 2.07. The number of nitrogens with zero attached hydrogens (tertiary/aromatic N) is 1. The molecule has 0 amide bonds. The molecule has 18 heavy (non-hydrogen) atoms. The van der Waals surface area contributed by atoms with Gasteiger partial charge in [-0.25, -0.2) is 9.18 Å². The molecule has 1 unspecified atom stereocenters. The minimum Gasteiger partial charge on any atom is -0.465 e. The number of halogens is 1. The molecular weight excluding hydrogens is 233 g/mol. The summed E-state index contributed by atoms with van der Waals surface area (Å²) in [5.74, 6) is -0.426. The van der Waals surface area contributed by atoms with Gasteiger partial charge in [0.1, 0.15) is 5.82 Å². The van der Waals surface area contributed by atoms with Crippen molar-refractivity contribution in [3.63, 3.8) is 0 Å². The van der Waals surface area contributed by atoms with Gasteiger partial charge in [-0.05, 0) is 36.6 Å². The summed E-state index contributed by atoms with van der Waals surface area (Å²) in [4.78, 5) is 13.6. The molecule has 0 N–H and O–H groups in total. The summed E-state index contributed by atoms with van der Waals surface area (Å²) in [5, 5.41) is 0. The fourth-order valence-corrected chi connectivity index (χ4v) is 2.36. The molecule has 1 aliphatic heterocycles. The molecular formula is C14H18FNO2. The Morgan fingerprint density at radius 2 is 2.33 bits per heavy atom. The van der Waals surface area contributed by atoms with Crippen molar-refractivity contribution in [1.29, 1.82) is 0 Å².